The highest BCUT2D eigenvalue weighted by molar-refractivity contribution is 7.92. The molecule has 1 amide bonds. The second-order valence-electron chi connectivity index (χ2n) is 5.52. The second-order valence-corrected chi connectivity index (χ2v) is 7.43. The van der Waals surface area contributed by atoms with Crippen molar-refractivity contribution in [1.82, 2.24) is 0 Å². The maximum absolute atomic E-state index is 12.2. The third kappa shape index (κ3) is 4.82. The number of amides is 1. The Morgan fingerprint density at radius 1 is 0.957 bits per heavy atom. The van der Waals surface area contributed by atoms with Gasteiger partial charge in [0.25, 0.3) is 0 Å². The Hall–Kier alpha value is -2.34. The first-order valence-corrected chi connectivity index (χ1v) is 9.01. The van der Waals surface area contributed by atoms with Crippen LogP contribution in [0, 0.1) is 13.8 Å². The van der Waals surface area contributed by atoms with Crippen molar-refractivity contribution in [3.05, 3.63) is 59.7 Å². The lowest BCUT2D eigenvalue weighted by Crippen LogP contribution is -2.37. The summed E-state index contributed by atoms with van der Waals surface area (Å²) in [6.45, 7) is 3.60. The van der Waals surface area contributed by atoms with E-state index in [0.29, 0.717) is 11.4 Å². The molecule has 122 valence electrons. The number of hydrogen-bond acceptors (Lipinski definition) is 3. The molecule has 0 aromatic heterocycles. The molecule has 0 saturated carbocycles. The minimum Gasteiger partial charge on any atom is -0.325 e. The lowest BCUT2D eigenvalue weighted by Gasteiger charge is -2.22. The Bertz CT molecular complexity index is 782. The van der Waals surface area contributed by atoms with Crippen molar-refractivity contribution in [1.29, 1.82) is 0 Å². The number of carbonyl (C=O) groups excluding carboxylic acids is 1. The van der Waals surface area contributed by atoms with Crippen LogP contribution in [0.2, 0.25) is 0 Å². The molecule has 5 nitrogen and oxygen atoms in total. The lowest BCUT2D eigenvalue weighted by molar-refractivity contribution is -0.114. The van der Waals surface area contributed by atoms with Crippen LogP contribution in [0.25, 0.3) is 0 Å². The number of nitrogens with zero attached hydrogens (tertiary/aromatic N) is 1. The Balaban J connectivity index is 2.16. The quantitative estimate of drug-likeness (QED) is 0.915. The van der Waals surface area contributed by atoms with Crippen molar-refractivity contribution in [3.63, 3.8) is 0 Å². The summed E-state index contributed by atoms with van der Waals surface area (Å²) in [6.07, 6.45) is 1.09. The predicted molar refractivity (Wildman–Crippen MR) is 93.2 cm³/mol. The van der Waals surface area contributed by atoms with Gasteiger partial charge < -0.3 is 5.32 Å². The maximum atomic E-state index is 12.2. The summed E-state index contributed by atoms with van der Waals surface area (Å²) in [7, 11) is -3.55. The fraction of sp³-hybridized carbons (Fsp3) is 0.235. The van der Waals surface area contributed by atoms with E-state index in [1.54, 1.807) is 24.3 Å². The molecule has 0 fully saturated rings. The molecule has 0 saturated heterocycles. The molecule has 23 heavy (non-hydrogen) atoms. The summed E-state index contributed by atoms with van der Waals surface area (Å²) < 4.78 is 25.1. The van der Waals surface area contributed by atoms with Crippen molar-refractivity contribution < 1.29 is 13.2 Å². The van der Waals surface area contributed by atoms with Crippen LogP contribution in [0.5, 0.6) is 0 Å². The van der Waals surface area contributed by atoms with Gasteiger partial charge >= 0.3 is 0 Å². The van der Waals surface area contributed by atoms with Crippen LogP contribution in [-0.4, -0.2) is 27.1 Å². The summed E-state index contributed by atoms with van der Waals surface area (Å²) in [4.78, 5) is 12.2. The summed E-state index contributed by atoms with van der Waals surface area (Å²) in [5.41, 5.74) is 3.21. The van der Waals surface area contributed by atoms with Crippen LogP contribution < -0.4 is 9.62 Å². The SMILES string of the molecule is Cc1ccc(NC(=O)CN(c2ccc(C)cc2)S(C)(=O)=O)cc1. The number of hydrogen-bond donors (Lipinski definition) is 1. The van der Waals surface area contributed by atoms with Gasteiger partial charge in [0.1, 0.15) is 6.54 Å². The molecule has 0 aliphatic heterocycles. The molecular formula is C17H20N2O3S. The van der Waals surface area contributed by atoms with E-state index in [-0.39, 0.29) is 12.5 Å². The van der Waals surface area contributed by atoms with Crippen LogP contribution in [0.15, 0.2) is 48.5 Å². The largest absolute Gasteiger partial charge is 0.325 e. The zero-order valence-electron chi connectivity index (χ0n) is 13.4. The Morgan fingerprint density at radius 3 is 1.91 bits per heavy atom. The molecule has 2 rings (SSSR count). The van der Waals surface area contributed by atoms with E-state index in [1.807, 2.05) is 38.1 Å². The molecule has 0 unspecified atom stereocenters. The smallest absolute Gasteiger partial charge is 0.245 e. The average Bonchev–Trinajstić information content (AvgIpc) is 2.47. The van der Waals surface area contributed by atoms with E-state index in [4.69, 9.17) is 0 Å². The molecule has 6 heteroatoms. The number of carbonyl (C=O) groups is 1. The number of aryl methyl sites for hydroxylation is 2. The molecule has 0 heterocycles. The average molecular weight is 332 g/mol. The molecule has 0 aliphatic carbocycles. The first-order chi connectivity index (χ1) is 10.8. The second kappa shape index (κ2) is 6.83. The van der Waals surface area contributed by atoms with Crippen molar-refractivity contribution in [2.45, 2.75) is 13.8 Å². The van der Waals surface area contributed by atoms with Gasteiger partial charge in [-0.2, -0.15) is 0 Å². The minimum absolute atomic E-state index is 0.268. The number of benzene rings is 2. The third-order valence-corrected chi connectivity index (χ3v) is 4.49. The number of anilines is 2. The van der Waals surface area contributed by atoms with Gasteiger partial charge in [-0.3, -0.25) is 9.10 Å². The lowest BCUT2D eigenvalue weighted by atomic mass is 10.2. The Labute approximate surface area is 137 Å². The number of nitrogens with one attached hydrogen (secondary N) is 1. The molecule has 2 aromatic rings. The van der Waals surface area contributed by atoms with Gasteiger partial charge in [-0.1, -0.05) is 35.4 Å². The number of sulfonamides is 1. The van der Waals surface area contributed by atoms with E-state index in [9.17, 15) is 13.2 Å². The monoisotopic (exact) mass is 332 g/mol. The van der Waals surface area contributed by atoms with Crippen LogP contribution in [-0.2, 0) is 14.8 Å². The van der Waals surface area contributed by atoms with Gasteiger partial charge in [-0.05, 0) is 38.1 Å². The zero-order chi connectivity index (χ0) is 17.0. The molecule has 0 aliphatic rings. The van der Waals surface area contributed by atoms with Crippen molar-refractivity contribution >= 4 is 27.3 Å². The molecule has 2 aromatic carbocycles. The highest BCUT2D eigenvalue weighted by atomic mass is 32.2. The van der Waals surface area contributed by atoms with Gasteiger partial charge in [0.05, 0.1) is 11.9 Å². The summed E-state index contributed by atoms with van der Waals surface area (Å²) >= 11 is 0. The Morgan fingerprint density at radius 2 is 1.43 bits per heavy atom. The highest BCUT2D eigenvalue weighted by Gasteiger charge is 2.20. The van der Waals surface area contributed by atoms with Crippen molar-refractivity contribution in [3.8, 4) is 0 Å². The molecule has 0 spiro atoms. The zero-order valence-corrected chi connectivity index (χ0v) is 14.2. The summed E-state index contributed by atoms with van der Waals surface area (Å²) in [5, 5.41) is 2.71. The number of rotatable bonds is 5. The van der Waals surface area contributed by atoms with Crippen LogP contribution in [0.1, 0.15) is 11.1 Å². The highest BCUT2D eigenvalue weighted by Crippen LogP contribution is 2.18. The fourth-order valence-corrected chi connectivity index (χ4v) is 2.94. The molecule has 1 N–H and O–H groups in total. The van der Waals surface area contributed by atoms with Crippen LogP contribution in [0.3, 0.4) is 0 Å². The van der Waals surface area contributed by atoms with Gasteiger partial charge in [-0.25, -0.2) is 8.42 Å². The van der Waals surface area contributed by atoms with E-state index in [1.165, 1.54) is 0 Å². The van der Waals surface area contributed by atoms with E-state index < -0.39 is 10.0 Å². The topological polar surface area (TPSA) is 66.5 Å². The van der Waals surface area contributed by atoms with Gasteiger partial charge in [0, 0.05) is 5.69 Å². The van der Waals surface area contributed by atoms with Crippen LogP contribution >= 0.6 is 0 Å². The van der Waals surface area contributed by atoms with E-state index in [2.05, 4.69) is 5.32 Å². The third-order valence-electron chi connectivity index (χ3n) is 3.34. The summed E-state index contributed by atoms with van der Waals surface area (Å²) in [6, 6.07) is 14.3. The molecule has 0 radical (unpaired) electrons. The van der Waals surface area contributed by atoms with E-state index in [0.717, 1.165) is 21.7 Å². The minimum atomic E-state index is -3.55. The van der Waals surface area contributed by atoms with Crippen molar-refractivity contribution in [2.75, 3.05) is 22.4 Å². The van der Waals surface area contributed by atoms with Gasteiger partial charge in [0.15, 0.2) is 0 Å². The standard InChI is InChI=1S/C17H20N2O3S/c1-13-4-8-15(9-5-13)18-17(20)12-19(23(3,21)22)16-10-6-14(2)7-11-16/h4-11H,12H2,1-3H3,(H,18,20). The Kier molecular flexibility index (Phi) is 5.05. The predicted octanol–water partition coefficient (Wildman–Crippen LogP) is 2.71. The van der Waals surface area contributed by atoms with Crippen molar-refractivity contribution in [2.24, 2.45) is 0 Å². The van der Waals surface area contributed by atoms with Gasteiger partial charge in [-0.15, -0.1) is 0 Å². The fourth-order valence-electron chi connectivity index (χ4n) is 2.08. The van der Waals surface area contributed by atoms with E-state index >= 15 is 0 Å². The molecule has 0 bridgehead atoms. The first kappa shape index (κ1) is 17.0. The normalized spacial score (nSPS) is 11.1. The van der Waals surface area contributed by atoms with Gasteiger partial charge in [0.2, 0.25) is 15.9 Å². The first-order valence-electron chi connectivity index (χ1n) is 7.16. The summed E-state index contributed by atoms with van der Waals surface area (Å²) in [5.74, 6) is -0.389. The van der Waals surface area contributed by atoms with Crippen LogP contribution in [0.4, 0.5) is 11.4 Å². The maximum Gasteiger partial charge on any atom is 0.245 e. The molecule has 0 atom stereocenters. The molecular weight excluding hydrogens is 312 g/mol.